The molecule has 0 amide bonds. The smallest absolute Gasteiger partial charge is 0.999 e. The number of hydrogen-bond acceptors (Lipinski definition) is 2. The van der Waals surface area contributed by atoms with Crippen LogP contribution in [0, 0.1) is 36.2 Å². The molecule has 4 aromatic rings. The van der Waals surface area contributed by atoms with Crippen LogP contribution in [0.2, 0.25) is 0 Å². The van der Waals surface area contributed by atoms with Crippen molar-refractivity contribution in [1.82, 2.24) is 0 Å². The van der Waals surface area contributed by atoms with E-state index >= 15 is 0 Å². The molecule has 1 aliphatic rings. The molecular formula is C28H23FeNOP-5. The van der Waals surface area contributed by atoms with Gasteiger partial charge < -0.3 is 40.1 Å². The molecule has 0 aromatic heterocycles. The molecule has 0 N–H and O–H groups in total. The van der Waals surface area contributed by atoms with Crippen molar-refractivity contribution in [3.05, 3.63) is 115 Å². The number of aliphatic imine (C=N–C) groups is 1. The van der Waals surface area contributed by atoms with Gasteiger partial charge in [0, 0.05) is 5.90 Å². The van der Waals surface area contributed by atoms with Crippen LogP contribution in [-0.4, -0.2) is 18.5 Å². The second-order valence-electron chi connectivity index (χ2n) is 7.48. The summed E-state index contributed by atoms with van der Waals surface area (Å²) in [7, 11) is -0.668. The zero-order valence-corrected chi connectivity index (χ0v) is 20.0. The molecule has 0 aliphatic carbocycles. The van der Waals surface area contributed by atoms with E-state index in [1.165, 1.54) is 15.9 Å². The van der Waals surface area contributed by atoms with E-state index in [0.717, 1.165) is 11.5 Å². The summed E-state index contributed by atoms with van der Waals surface area (Å²) in [4.78, 5) is 4.83. The molecule has 1 aliphatic heterocycles. The molecule has 164 valence electrons. The molecule has 2 nitrogen and oxygen atoms in total. The van der Waals surface area contributed by atoms with Gasteiger partial charge in [-0.05, 0) is 16.5 Å². The number of ether oxygens (including phenoxy) is 1. The Balaban J connectivity index is 0.000000427. The molecule has 0 spiro atoms. The van der Waals surface area contributed by atoms with E-state index in [1.807, 2.05) is 6.07 Å². The van der Waals surface area contributed by atoms with Gasteiger partial charge >= 0.3 is 17.1 Å². The van der Waals surface area contributed by atoms with Crippen LogP contribution in [0.5, 0.6) is 0 Å². The second kappa shape index (κ2) is 12.0. The van der Waals surface area contributed by atoms with Gasteiger partial charge in [0.1, 0.15) is 0 Å². The average Bonchev–Trinajstić information content (AvgIpc) is 3.58. The monoisotopic (exact) mass is 476 g/mol. The molecule has 4 aromatic carbocycles. The largest absolute Gasteiger partial charge is 2.00 e. The Hall–Kier alpha value is -2.44. The van der Waals surface area contributed by atoms with Crippen LogP contribution in [0.3, 0.4) is 0 Å². The van der Waals surface area contributed by atoms with Crippen LogP contribution in [-0.2, 0) is 21.8 Å². The Bertz CT molecular complexity index is 1010. The van der Waals surface area contributed by atoms with Crippen LogP contribution >= 0.6 is 7.92 Å². The first-order chi connectivity index (χ1) is 15.2. The Morgan fingerprint density at radius 2 is 1.59 bits per heavy atom. The maximum Gasteiger partial charge on any atom is 2.00 e. The van der Waals surface area contributed by atoms with Gasteiger partial charge in [-0.25, -0.2) is 5.56 Å². The number of hydrogen-bond donors (Lipinski definition) is 0. The number of benzene rings is 2. The quantitative estimate of drug-likeness (QED) is 0.238. The molecule has 0 saturated carbocycles. The average molecular weight is 476 g/mol. The normalized spacial score (nSPS) is 14.9. The van der Waals surface area contributed by atoms with E-state index in [1.54, 1.807) is 6.07 Å². The Kier molecular flexibility index (Phi) is 9.06. The van der Waals surface area contributed by atoms with E-state index < -0.39 is 7.92 Å². The molecule has 4 heteroatoms. The minimum absolute atomic E-state index is 0. The maximum absolute atomic E-state index is 5.96. The van der Waals surface area contributed by atoms with Crippen LogP contribution in [0.25, 0.3) is 0 Å². The van der Waals surface area contributed by atoms with Crippen molar-refractivity contribution in [2.75, 3.05) is 6.61 Å². The van der Waals surface area contributed by atoms with Crippen molar-refractivity contribution < 1.29 is 21.8 Å². The SMILES string of the molecule is CC(C)[C@@H]1COC(c2[c-]cc[c-]2P(c2ccccc2)c2ccccc2)=N1.[Fe+2].[c-]1[c-][c-][cH-][c-]1. The van der Waals surface area contributed by atoms with Crippen molar-refractivity contribution in [2.24, 2.45) is 10.9 Å². The topological polar surface area (TPSA) is 21.6 Å². The number of nitrogens with zero attached hydrogens (tertiary/aromatic N) is 1. The molecule has 1 heterocycles. The Morgan fingerprint density at radius 1 is 1.00 bits per heavy atom. The number of rotatable bonds is 5. The van der Waals surface area contributed by atoms with Crippen molar-refractivity contribution in [1.29, 1.82) is 0 Å². The molecule has 32 heavy (non-hydrogen) atoms. The Labute approximate surface area is 203 Å². The van der Waals surface area contributed by atoms with Gasteiger partial charge in [-0.2, -0.15) is 0 Å². The summed E-state index contributed by atoms with van der Waals surface area (Å²) >= 11 is 0. The van der Waals surface area contributed by atoms with Crippen molar-refractivity contribution in [3.8, 4) is 0 Å². The van der Waals surface area contributed by atoms with Crippen LogP contribution in [0.1, 0.15) is 19.4 Å². The summed E-state index contributed by atoms with van der Waals surface area (Å²) in [5.74, 6) is 1.23. The van der Waals surface area contributed by atoms with E-state index in [2.05, 4.69) is 111 Å². The van der Waals surface area contributed by atoms with Crippen LogP contribution in [0.15, 0.2) is 83.9 Å². The fourth-order valence-corrected chi connectivity index (χ4v) is 5.75. The van der Waals surface area contributed by atoms with Gasteiger partial charge in [-0.15, -0.1) is 7.92 Å². The predicted molar refractivity (Wildman–Crippen MR) is 128 cm³/mol. The van der Waals surface area contributed by atoms with E-state index in [4.69, 9.17) is 9.73 Å². The molecule has 0 fully saturated rings. The fourth-order valence-electron chi connectivity index (χ4n) is 3.35. The Morgan fingerprint density at radius 3 is 2.06 bits per heavy atom. The summed E-state index contributed by atoms with van der Waals surface area (Å²) in [6.07, 6.45) is 0. The predicted octanol–water partition coefficient (Wildman–Crippen LogP) is 4.37. The van der Waals surface area contributed by atoms with Gasteiger partial charge in [0.05, 0.1) is 12.6 Å². The van der Waals surface area contributed by atoms with Crippen molar-refractivity contribution >= 4 is 29.7 Å². The van der Waals surface area contributed by atoms with Gasteiger partial charge in [0.2, 0.25) is 0 Å². The van der Waals surface area contributed by atoms with E-state index in [-0.39, 0.29) is 23.1 Å². The third kappa shape index (κ3) is 5.87. The minimum atomic E-state index is -0.668. The molecule has 1 atom stereocenters. The van der Waals surface area contributed by atoms with Crippen molar-refractivity contribution in [3.63, 3.8) is 0 Å². The van der Waals surface area contributed by atoms with Gasteiger partial charge in [-0.3, -0.25) is 23.5 Å². The first kappa shape index (κ1) is 24.2. The summed E-state index contributed by atoms with van der Waals surface area (Å²) in [6, 6.07) is 41.2. The maximum atomic E-state index is 5.96. The van der Waals surface area contributed by atoms with E-state index in [0.29, 0.717) is 12.5 Å². The second-order valence-corrected chi connectivity index (χ2v) is 9.67. The van der Waals surface area contributed by atoms with Crippen molar-refractivity contribution in [2.45, 2.75) is 19.9 Å². The molecule has 0 radical (unpaired) electrons. The molecular weight excluding hydrogens is 453 g/mol. The zero-order chi connectivity index (χ0) is 21.5. The third-order valence-corrected chi connectivity index (χ3v) is 7.49. The summed E-state index contributed by atoms with van der Waals surface area (Å²) in [5, 5.41) is 3.92. The van der Waals surface area contributed by atoms with Crippen LogP contribution in [0.4, 0.5) is 0 Å². The summed E-state index contributed by atoms with van der Waals surface area (Å²) in [6.45, 7) is 5.05. The zero-order valence-electron chi connectivity index (χ0n) is 18.0. The first-order valence-corrected chi connectivity index (χ1v) is 11.7. The van der Waals surface area contributed by atoms with Crippen LogP contribution < -0.4 is 15.9 Å². The van der Waals surface area contributed by atoms with E-state index in [9.17, 15) is 0 Å². The molecule has 0 unspecified atom stereocenters. The first-order valence-electron chi connectivity index (χ1n) is 10.4. The molecule has 0 bridgehead atoms. The van der Waals surface area contributed by atoms with Gasteiger partial charge in [0.25, 0.3) is 0 Å². The summed E-state index contributed by atoms with van der Waals surface area (Å²) < 4.78 is 5.96. The summed E-state index contributed by atoms with van der Waals surface area (Å²) in [5.41, 5.74) is 1.02. The molecule has 5 rings (SSSR count). The standard InChI is InChI=1S/C23H22NOP.C5H.Fe/c1-17(2)21-16-25-23(24-21)20-14-9-15-22(20)26(18-10-5-3-6-11-18)19-12-7-4-8-13-19;1-2-4-5-3-1;/h3-13,15,17,21H,16H2,1-2H3;1H;/q-2;-5;+2/t21-;;/m0../s1. The minimum Gasteiger partial charge on any atom is -0.999 e. The fraction of sp³-hybridized carbons (Fsp3) is 0.179. The van der Waals surface area contributed by atoms with Gasteiger partial charge in [0.15, 0.2) is 0 Å². The van der Waals surface area contributed by atoms with Gasteiger partial charge in [-0.1, -0.05) is 74.5 Å². The molecule has 0 saturated heterocycles. The third-order valence-electron chi connectivity index (χ3n) is 5.00.